The maximum absolute atomic E-state index is 12.6. The Morgan fingerprint density at radius 1 is 0.667 bits per heavy atom. The zero-order chi connectivity index (χ0) is 27.8. The summed E-state index contributed by atoms with van der Waals surface area (Å²) < 4.78 is 0. The summed E-state index contributed by atoms with van der Waals surface area (Å²) in [6.07, 6.45) is 16.2. The van der Waals surface area contributed by atoms with Crippen LogP contribution in [-0.4, -0.2) is 61.1 Å². The van der Waals surface area contributed by atoms with E-state index in [2.05, 4.69) is 42.5 Å². The van der Waals surface area contributed by atoms with Crippen molar-refractivity contribution >= 4 is 25.0 Å². The van der Waals surface area contributed by atoms with Gasteiger partial charge in [-0.3, -0.25) is 9.59 Å². The molecule has 5 heteroatoms. The van der Waals surface area contributed by atoms with E-state index >= 15 is 0 Å². The van der Waals surface area contributed by atoms with Crippen molar-refractivity contribution < 1.29 is 9.59 Å². The molecule has 2 saturated carbocycles. The first kappa shape index (κ1) is 29.8. The molecule has 2 aliphatic carbocycles. The van der Waals surface area contributed by atoms with Crippen molar-refractivity contribution in [2.75, 3.05) is 28.2 Å². The molecule has 2 aromatic carbocycles. The molecule has 0 unspecified atom stereocenters. The summed E-state index contributed by atoms with van der Waals surface area (Å²) in [5, 5.41) is 1.58. The van der Waals surface area contributed by atoms with E-state index in [1.54, 1.807) is 15.1 Å². The lowest BCUT2D eigenvalue weighted by atomic mass is 9.90. The second-order valence-electron chi connectivity index (χ2n) is 12.0. The second-order valence-corrected chi connectivity index (χ2v) is 14.8. The van der Waals surface area contributed by atoms with Gasteiger partial charge in [-0.2, -0.15) is 0 Å². The van der Waals surface area contributed by atoms with E-state index in [1.807, 2.05) is 28.2 Å². The van der Waals surface area contributed by atoms with Crippen LogP contribution in [0.3, 0.4) is 0 Å². The number of hydrogen-bond acceptors (Lipinski definition) is 2. The smallest absolute Gasteiger partial charge is 0.222 e. The zero-order valence-corrected chi connectivity index (χ0v) is 25.6. The summed E-state index contributed by atoms with van der Waals surface area (Å²) in [6, 6.07) is 15.8. The lowest BCUT2D eigenvalue weighted by Gasteiger charge is -2.40. The molecule has 0 radical (unpaired) electrons. The highest BCUT2D eigenvalue weighted by molar-refractivity contribution is 7.67. The summed E-state index contributed by atoms with van der Waals surface area (Å²) in [5.41, 5.74) is 6.80. The molecule has 0 bridgehead atoms. The van der Waals surface area contributed by atoms with E-state index in [0.717, 1.165) is 24.2 Å². The summed E-state index contributed by atoms with van der Waals surface area (Å²) in [5.74, 6) is 0.322. The van der Waals surface area contributed by atoms with Gasteiger partial charge in [0.15, 0.2) is 0 Å². The highest BCUT2D eigenvalue weighted by Crippen LogP contribution is 2.56. The number of benzene rings is 2. The van der Waals surface area contributed by atoms with Crippen LogP contribution in [0.15, 0.2) is 42.5 Å². The average molecular weight is 549 g/mol. The molecule has 0 aromatic heterocycles. The minimum atomic E-state index is -0.276. The molecule has 0 spiro atoms. The third-order valence-electron chi connectivity index (χ3n) is 8.84. The van der Waals surface area contributed by atoms with Gasteiger partial charge in [-0.15, -0.1) is 0 Å². The van der Waals surface area contributed by atoms with E-state index in [9.17, 15) is 9.59 Å². The Morgan fingerprint density at radius 3 is 1.59 bits per heavy atom. The van der Waals surface area contributed by atoms with Crippen molar-refractivity contribution in [3.8, 4) is 11.1 Å². The monoisotopic (exact) mass is 548 g/mol. The topological polar surface area (TPSA) is 40.6 Å². The molecule has 212 valence electrons. The Balaban J connectivity index is 1.80. The SMILES string of the molecule is CN(C)C(=O)CCc1cccc(CCC(=O)N(C)C)c1-c1ccccc1P(C1CCCCC1)C1CCCCC1. The van der Waals surface area contributed by atoms with Crippen LogP contribution < -0.4 is 5.30 Å². The molecule has 0 atom stereocenters. The third kappa shape index (κ3) is 7.72. The quantitative estimate of drug-likeness (QED) is 0.296. The van der Waals surface area contributed by atoms with Crippen molar-refractivity contribution in [2.24, 2.45) is 0 Å². The van der Waals surface area contributed by atoms with Crippen LogP contribution in [0, 0.1) is 0 Å². The van der Waals surface area contributed by atoms with Gasteiger partial charge in [-0.1, -0.05) is 88.9 Å². The van der Waals surface area contributed by atoms with Crippen LogP contribution in [-0.2, 0) is 22.4 Å². The number of amides is 2. The Kier molecular flexibility index (Phi) is 11.0. The molecule has 2 fully saturated rings. The van der Waals surface area contributed by atoms with Crippen molar-refractivity contribution in [1.29, 1.82) is 0 Å². The minimum Gasteiger partial charge on any atom is -0.349 e. The van der Waals surface area contributed by atoms with Gasteiger partial charge in [0, 0.05) is 41.0 Å². The number of aryl methyl sites for hydroxylation is 2. The summed E-state index contributed by atoms with van der Waals surface area (Å²) in [4.78, 5) is 28.6. The second kappa shape index (κ2) is 14.4. The molecule has 0 aliphatic heterocycles. The molecular formula is C34H49N2O2P. The highest BCUT2D eigenvalue weighted by Gasteiger charge is 2.34. The molecule has 4 rings (SSSR count). The van der Waals surface area contributed by atoms with Crippen molar-refractivity contribution in [3.05, 3.63) is 53.6 Å². The number of carbonyl (C=O) groups is 2. The summed E-state index contributed by atoms with van der Waals surface area (Å²) in [7, 11) is 7.07. The van der Waals surface area contributed by atoms with E-state index in [-0.39, 0.29) is 19.7 Å². The lowest BCUT2D eigenvalue weighted by Crippen LogP contribution is -2.27. The van der Waals surface area contributed by atoms with Crippen LogP contribution in [0.5, 0.6) is 0 Å². The third-order valence-corrected chi connectivity index (χ3v) is 12.4. The average Bonchev–Trinajstić information content (AvgIpc) is 2.96. The molecule has 39 heavy (non-hydrogen) atoms. The number of carbonyl (C=O) groups excluding carboxylic acids is 2. The van der Waals surface area contributed by atoms with E-state index in [0.29, 0.717) is 12.8 Å². The predicted molar refractivity (Wildman–Crippen MR) is 166 cm³/mol. The zero-order valence-electron chi connectivity index (χ0n) is 24.8. The molecule has 2 aromatic rings. The molecule has 0 N–H and O–H groups in total. The van der Waals surface area contributed by atoms with E-state index in [4.69, 9.17) is 0 Å². The normalized spacial score (nSPS) is 16.8. The highest BCUT2D eigenvalue weighted by atomic mass is 31.1. The Labute approximate surface area is 238 Å². The first-order chi connectivity index (χ1) is 18.9. The Morgan fingerprint density at radius 2 is 1.13 bits per heavy atom. The van der Waals surface area contributed by atoms with Crippen LogP contribution >= 0.6 is 7.92 Å². The van der Waals surface area contributed by atoms with Crippen molar-refractivity contribution in [2.45, 2.75) is 101 Å². The van der Waals surface area contributed by atoms with Crippen LogP contribution in [0.25, 0.3) is 11.1 Å². The van der Waals surface area contributed by atoms with Crippen molar-refractivity contribution in [3.63, 3.8) is 0 Å². The fraction of sp³-hybridized carbons (Fsp3) is 0.588. The van der Waals surface area contributed by atoms with Gasteiger partial charge in [0.2, 0.25) is 11.8 Å². The fourth-order valence-electron chi connectivity index (χ4n) is 6.67. The van der Waals surface area contributed by atoms with Crippen molar-refractivity contribution in [1.82, 2.24) is 9.80 Å². The van der Waals surface area contributed by atoms with E-state index in [1.165, 1.54) is 86.5 Å². The maximum atomic E-state index is 12.6. The standard InChI is InChI=1S/C34H49N2O2P/c1-35(2)32(37)24-22-26-14-13-15-27(23-25-33(38)36(3)4)34(26)30-20-11-12-21-31(30)39(28-16-7-5-8-17-28)29-18-9-6-10-19-29/h11-15,20-21,28-29H,5-10,16-19,22-25H2,1-4H3. The Bertz CT molecular complexity index is 1040. The van der Waals surface area contributed by atoms with Gasteiger partial charge >= 0.3 is 0 Å². The van der Waals surface area contributed by atoms with Gasteiger partial charge in [-0.25, -0.2) is 0 Å². The Hall–Kier alpha value is -2.19. The first-order valence-corrected chi connectivity index (χ1v) is 16.7. The number of rotatable bonds is 10. The van der Waals surface area contributed by atoms with Gasteiger partial charge in [-0.05, 0) is 77.4 Å². The molecule has 0 saturated heterocycles. The molecule has 2 amide bonds. The largest absolute Gasteiger partial charge is 0.349 e. The van der Waals surface area contributed by atoms with Gasteiger partial charge in [0.25, 0.3) is 0 Å². The maximum Gasteiger partial charge on any atom is 0.222 e. The lowest BCUT2D eigenvalue weighted by molar-refractivity contribution is -0.129. The number of hydrogen-bond donors (Lipinski definition) is 0. The summed E-state index contributed by atoms with van der Waals surface area (Å²) >= 11 is 0. The van der Waals surface area contributed by atoms with Gasteiger partial charge < -0.3 is 9.80 Å². The van der Waals surface area contributed by atoms with Gasteiger partial charge in [0.05, 0.1) is 0 Å². The fourth-order valence-corrected chi connectivity index (χ4v) is 10.6. The minimum absolute atomic E-state index is 0.161. The van der Waals surface area contributed by atoms with Crippen LogP contribution in [0.1, 0.15) is 88.2 Å². The molecule has 2 aliphatic rings. The predicted octanol–water partition coefficient (Wildman–Crippen LogP) is 7.17. The summed E-state index contributed by atoms with van der Waals surface area (Å²) in [6.45, 7) is 0. The van der Waals surface area contributed by atoms with Crippen LogP contribution in [0.4, 0.5) is 0 Å². The molecular weight excluding hydrogens is 499 g/mol. The van der Waals surface area contributed by atoms with Gasteiger partial charge in [0.1, 0.15) is 0 Å². The first-order valence-electron chi connectivity index (χ1n) is 15.3. The molecule has 0 heterocycles. The molecule has 4 nitrogen and oxygen atoms in total. The van der Waals surface area contributed by atoms with Crippen LogP contribution in [0.2, 0.25) is 0 Å². The number of nitrogens with zero attached hydrogens (tertiary/aromatic N) is 2. The van der Waals surface area contributed by atoms with E-state index < -0.39 is 0 Å².